The Morgan fingerprint density at radius 1 is 0.750 bits per heavy atom. The van der Waals surface area contributed by atoms with Crippen LogP contribution in [0.25, 0.3) is 10.8 Å². The van der Waals surface area contributed by atoms with Gasteiger partial charge in [-0.2, -0.15) is 18.6 Å². The molecule has 4 N–H and O–H groups in total. The smallest absolute Gasteiger partial charge is 0.870 e. The van der Waals surface area contributed by atoms with Gasteiger partial charge in [-0.05, 0) is 66.4 Å². The average Bonchev–Trinajstić information content (AvgIpc) is 3.03. The minimum atomic E-state index is -5.41. The third-order valence-electron chi connectivity index (χ3n) is 6.92. The zero-order chi connectivity index (χ0) is 36.6. The molecule has 0 bridgehead atoms. The van der Waals surface area contributed by atoms with Crippen molar-refractivity contribution in [3.05, 3.63) is 101 Å². The van der Waals surface area contributed by atoms with E-state index in [1.165, 1.54) is 31.2 Å². The second-order valence-corrected chi connectivity index (χ2v) is 14.7. The van der Waals surface area contributed by atoms with Gasteiger partial charge in [-0.25, -0.2) is 16.8 Å². The SMILES string of the molecule is Cc1ccc(N=Nc2c(S(=O)(=O)O)cc3cc(S(=O)(=O)[O-])c(N=Nc4ccc([N+](=O)[O-])cc4)c(N)c3c2[O-])cc1S(=O)(=O)Nc1ccccc1.[Na+].[Na+]. The Kier molecular flexibility index (Phi) is 13.4. The molecule has 5 rings (SSSR count). The molecular formula is C29H21N7Na2O11S3. The van der Waals surface area contributed by atoms with Crippen LogP contribution in [0, 0.1) is 17.0 Å². The molecule has 0 heterocycles. The van der Waals surface area contributed by atoms with E-state index >= 15 is 0 Å². The van der Waals surface area contributed by atoms with Crippen LogP contribution in [0.1, 0.15) is 5.56 Å². The van der Waals surface area contributed by atoms with E-state index in [0.717, 1.165) is 30.3 Å². The van der Waals surface area contributed by atoms with Gasteiger partial charge in [-0.3, -0.25) is 19.4 Å². The fourth-order valence-electron chi connectivity index (χ4n) is 4.59. The summed E-state index contributed by atoms with van der Waals surface area (Å²) in [6.45, 7) is 1.51. The van der Waals surface area contributed by atoms with Crippen molar-refractivity contribution in [2.75, 3.05) is 10.5 Å². The monoisotopic (exact) mass is 785 g/mol. The van der Waals surface area contributed by atoms with Crippen molar-refractivity contribution in [3.63, 3.8) is 0 Å². The summed E-state index contributed by atoms with van der Waals surface area (Å²) < 4.78 is 99.9. The number of hydrogen-bond acceptors (Lipinski definition) is 15. The first kappa shape index (κ1) is 42.5. The molecule has 0 atom stereocenters. The number of benzene rings is 5. The number of fused-ring (bicyclic) bond motifs is 1. The molecule has 5 aromatic rings. The van der Waals surface area contributed by atoms with E-state index < -0.39 is 78.6 Å². The number of nitrogens with zero attached hydrogens (tertiary/aromatic N) is 5. The van der Waals surface area contributed by atoms with Gasteiger partial charge in [0.15, 0.2) is 0 Å². The summed E-state index contributed by atoms with van der Waals surface area (Å²) in [6.07, 6.45) is 0. The number of hydrogen-bond donors (Lipinski definition) is 3. The molecule has 52 heavy (non-hydrogen) atoms. The van der Waals surface area contributed by atoms with Gasteiger partial charge in [0.2, 0.25) is 0 Å². The van der Waals surface area contributed by atoms with Crippen molar-refractivity contribution in [3.8, 4) is 5.75 Å². The first-order valence-electron chi connectivity index (χ1n) is 13.7. The van der Waals surface area contributed by atoms with Crippen molar-refractivity contribution in [1.29, 1.82) is 0 Å². The van der Waals surface area contributed by atoms with E-state index in [9.17, 15) is 49.6 Å². The molecule has 0 aliphatic rings. The van der Waals surface area contributed by atoms with Crippen LogP contribution in [0.3, 0.4) is 0 Å². The first-order chi connectivity index (χ1) is 23.4. The van der Waals surface area contributed by atoms with E-state index in [4.69, 9.17) is 5.73 Å². The number of rotatable bonds is 10. The molecule has 0 fully saturated rings. The number of nitro groups is 1. The normalized spacial score (nSPS) is 12.1. The van der Waals surface area contributed by atoms with Crippen LogP contribution >= 0.6 is 0 Å². The topological polar surface area (TPSA) is 299 Å². The van der Waals surface area contributed by atoms with E-state index in [1.807, 2.05) is 0 Å². The molecule has 0 saturated heterocycles. The first-order valence-corrected chi connectivity index (χ1v) is 18.0. The fraction of sp³-hybridized carbons (Fsp3) is 0.0345. The maximum atomic E-state index is 13.7. The molecule has 18 nitrogen and oxygen atoms in total. The minimum absolute atomic E-state index is 0. The Morgan fingerprint density at radius 2 is 1.31 bits per heavy atom. The van der Waals surface area contributed by atoms with Crippen LogP contribution in [0.4, 0.5) is 39.8 Å². The van der Waals surface area contributed by atoms with Crippen molar-refractivity contribution in [2.45, 2.75) is 21.6 Å². The number of nitrogens with one attached hydrogen (secondary N) is 1. The molecular weight excluding hydrogens is 765 g/mol. The van der Waals surface area contributed by atoms with Crippen molar-refractivity contribution in [2.24, 2.45) is 20.5 Å². The quantitative estimate of drug-likeness (QED) is 0.0403. The van der Waals surface area contributed by atoms with Gasteiger partial charge in [0.25, 0.3) is 25.8 Å². The summed E-state index contributed by atoms with van der Waals surface area (Å²) in [6, 6.07) is 17.4. The molecule has 0 aliphatic heterocycles. The summed E-state index contributed by atoms with van der Waals surface area (Å²) in [5, 5.41) is 38.5. The van der Waals surface area contributed by atoms with Gasteiger partial charge in [0.05, 0.1) is 37.5 Å². The van der Waals surface area contributed by atoms with Crippen LogP contribution in [0.15, 0.2) is 120 Å². The molecule has 23 heteroatoms. The van der Waals surface area contributed by atoms with E-state index in [1.54, 1.807) is 18.2 Å². The van der Waals surface area contributed by atoms with Gasteiger partial charge >= 0.3 is 59.1 Å². The Labute approximate surface area is 340 Å². The molecule has 0 saturated carbocycles. The van der Waals surface area contributed by atoms with Gasteiger partial charge in [0, 0.05) is 23.2 Å². The number of nitrogens with two attached hydrogens (primary N) is 1. The number of nitro benzene ring substituents is 1. The van der Waals surface area contributed by atoms with Gasteiger partial charge in [-0.15, -0.1) is 10.2 Å². The van der Waals surface area contributed by atoms with Crippen LogP contribution < -0.4 is 74.7 Å². The standard InChI is InChI=1S/C29H23N7O11S3.2Na/c1-16-7-8-20(15-22(16)48(40,41)35-19-5-3-2-4-6-19)32-34-28-24(50(45,46)47)14-17-13-23(49(42,43)44)27(26(30)25(17)29(28)37)33-31-18-9-11-21(12-10-18)36(38)39;;/h2-15,35,37H,30H2,1H3,(H,42,43,44)(H,45,46,47);;/q;2*+1/p-2. The van der Waals surface area contributed by atoms with Gasteiger partial charge in [-0.1, -0.05) is 30.0 Å². The number of non-ortho nitro benzene ring substituents is 1. The number of aryl methyl sites for hydroxylation is 1. The maximum absolute atomic E-state index is 13.7. The minimum Gasteiger partial charge on any atom is -0.870 e. The van der Waals surface area contributed by atoms with Crippen molar-refractivity contribution < 1.29 is 104 Å². The molecule has 0 spiro atoms. The maximum Gasteiger partial charge on any atom is 1.00 e. The molecule has 0 radical (unpaired) electrons. The van der Waals surface area contributed by atoms with E-state index in [-0.39, 0.29) is 86.8 Å². The second-order valence-electron chi connectivity index (χ2n) is 10.3. The second kappa shape index (κ2) is 16.4. The van der Waals surface area contributed by atoms with E-state index in [0.29, 0.717) is 17.7 Å². The number of para-hydroxylation sites is 1. The summed E-state index contributed by atoms with van der Waals surface area (Å²) in [4.78, 5) is 7.77. The third-order valence-corrected chi connectivity index (χ3v) is 10.2. The average molecular weight is 786 g/mol. The number of sulfonamides is 1. The van der Waals surface area contributed by atoms with Crippen molar-refractivity contribution in [1.82, 2.24) is 0 Å². The Balaban J connectivity index is 0.00000364. The summed E-state index contributed by atoms with van der Waals surface area (Å²) in [5.41, 5.74) is 3.62. The van der Waals surface area contributed by atoms with Crippen molar-refractivity contribution >= 4 is 80.8 Å². The number of nitrogen functional groups attached to an aromatic ring is 1. The largest absolute Gasteiger partial charge is 1.00 e. The number of azo groups is 2. The summed E-state index contributed by atoms with van der Waals surface area (Å²) >= 11 is 0. The Hall–Kier alpha value is -3.87. The van der Waals surface area contributed by atoms with E-state index in [2.05, 4.69) is 25.2 Å². The molecule has 0 amide bonds. The predicted octanol–water partition coefficient (Wildman–Crippen LogP) is -0.497. The summed E-state index contributed by atoms with van der Waals surface area (Å²) in [5.74, 6) is -1.30. The predicted molar refractivity (Wildman–Crippen MR) is 175 cm³/mol. The van der Waals surface area contributed by atoms with Crippen LogP contribution in [-0.2, 0) is 30.3 Å². The summed E-state index contributed by atoms with van der Waals surface area (Å²) in [7, 11) is -14.8. The molecule has 5 aromatic carbocycles. The van der Waals surface area contributed by atoms with Crippen LogP contribution in [0.5, 0.6) is 5.75 Å². The molecule has 0 aromatic heterocycles. The third kappa shape index (κ3) is 9.37. The van der Waals surface area contributed by atoms with Crippen LogP contribution in [0.2, 0.25) is 0 Å². The Bertz CT molecular complexity index is 2590. The zero-order valence-electron chi connectivity index (χ0n) is 27.2. The molecule has 0 unspecified atom stereocenters. The Morgan fingerprint density at radius 3 is 1.88 bits per heavy atom. The van der Waals surface area contributed by atoms with Gasteiger partial charge in [0.1, 0.15) is 20.7 Å². The van der Waals surface area contributed by atoms with Gasteiger partial charge < -0.3 is 15.4 Å². The number of anilines is 2. The van der Waals surface area contributed by atoms with Crippen LogP contribution in [-0.4, -0.2) is 39.3 Å². The fourth-order valence-corrected chi connectivity index (χ4v) is 7.23. The molecule has 258 valence electrons. The zero-order valence-corrected chi connectivity index (χ0v) is 33.6. The molecule has 0 aliphatic carbocycles.